The van der Waals surface area contributed by atoms with Gasteiger partial charge in [-0.05, 0) is 37.6 Å². The number of nitrogen functional groups attached to an aromatic ring is 1. The maximum atomic E-state index is 9.40. The van der Waals surface area contributed by atoms with Crippen LogP contribution in [0.15, 0.2) is 28.7 Å². The lowest BCUT2D eigenvalue weighted by molar-refractivity contribution is 0.225. The highest BCUT2D eigenvalue weighted by Gasteiger charge is 2.05. The van der Waals surface area contributed by atoms with Crippen molar-refractivity contribution in [2.24, 2.45) is 5.10 Å². The molecular formula is C14H18N4O2S. The van der Waals surface area contributed by atoms with Crippen molar-refractivity contribution in [2.45, 2.75) is 26.6 Å². The Labute approximate surface area is 127 Å². The van der Waals surface area contributed by atoms with Crippen LogP contribution in [0.4, 0.5) is 10.9 Å². The van der Waals surface area contributed by atoms with Crippen molar-refractivity contribution in [2.75, 3.05) is 11.2 Å². The topological polar surface area (TPSA) is 92.8 Å². The Hall–Kier alpha value is -2.12. The summed E-state index contributed by atoms with van der Waals surface area (Å²) in [6.45, 7) is 3.81. The number of nitrogens with zero attached hydrogens (tertiary/aromatic N) is 2. The molecule has 1 aromatic heterocycles. The zero-order chi connectivity index (χ0) is 15.2. The van der Waals surface area contributed by atoms with Crippen LogP contribution >= 0.6 is 11.3 Å². The summed E-state index contributed by atoms with van der Waals surface area (Å²) in [5, 5.41) is 15.9. The maximum absolute atomic E-state index is 9.40. The lowest BCUT2D eigenvalue weighted by atomic mass is 10.1. The van der Waals surface area contributed by atoms with Gasteiger partial charge in [-0.3, -0.25) is 5.43 Å². The number of aliphatic hydroxyl groups is 1. The predicted molar refractivity (Wildman–Crippen MR) is 85.9 cm³/mol. The molecule has 0 atom stereocenters. The monoisotopic (exact) mass is 306 g/mol. The molecule has 0 aliphatic rings. The third kappa shape index (κ3) is 4.44. The second kappa shape index (κ2) is 7.05. The summed E-state index contributed by atoms with van der Waals surface area (Å²) in [5.74, 6) is 1.15. The van der Waals surface area contributed by atoms with Gasteiger partial charge in [-0.25, -0.2) is 4.98 Å². The van der Waals surface area contributed by atoms with Gasteiger partial charge in [0.15, 0.2) is 0 Å². The standard InChI is InChI=1S/C14H18N4O2S/c1-9(2)20-12-4-3-10(5-11(12)7-19)6-16-18-14-17-13(15)8-21-14/h3-6,8-9,19H,7,15H2,1-2H3,(H,17,18). The van der Waals surface area contributed by atoms with Gasteiger partial charge in [0.1, 0.15) is 11.6 Å². The van der Waals surface area contributed by atoms with Crippen molar-refractivity contribution in [3.8, 4) is 5.75 Å². The van der Waals surface area contributed by atoms with Crippen molar-refractivity contribution in [3.05, 3.63) is 34.7 Å². The summed E-state index contributed by atoms with van der Waals surface area (Å²) in [6.07, 6.45) is 1.71. The molecule has 0 aliphatic heterocycles. The number of anilines is 2. The predicted octanol–water partition coefficient (Wildman–Crippen LogP) is 2.45. The van der Waals surface area contributed by atoms with Crippen LogP contribution in [-0.4, -0.2) is 22.4 Å². The number of ether oxygens (including phenoxy) is 1. The summed E-state index contributed by atoms with van der Waals surface area (Å²) in [6, 6.07) is 5.53. The van der Waals surface area contributed by atoms with Gasteiger partial charge >= 0.3 is 0 Å². The number of thiazole rings is 1. The third-order valence-corrected chi connectivity index (χ3v) is 3.28. The molecule has 1 heterocycles. The van der Waals surface area contributed by atoms with E-state index in [1.807, 2.05) is 32.0 Å². The number of benzene rings is 1. The Bertz CT molecular complexity index is 625. The molecule has 4 N–H and O–H groups in total. The molecule has 0 aliphatic carbocycles. The molecule has 0 unspecified atom stereocenters. The molecule has 2 rings (SSSR count). The minimum Gasteiger partial charge on any atom is -0.491 e. The fourth-order valence-corrected chi connectivity index (χ4v) is 2.22. The molecule has 7 heteroatoms. The summed E-state index contributed by atoms with van der Waals surface area (Å²) >= 11 is 1.38. The van der Waals surface area contributed by atoms with E-state index in [2.05, 4.69) is 15.5 Å². The second-order valence-corrected chi connectivity index (χ2v) is 5.50. The van der Waals surface area contributed by atoms with E-state index in [1.165, 1.54) is 11.3 Å². The third-order valence-electron chi connectivity index (χ3n) is 2.51. The quantitative estimate of drug-likeness (QED) is 0.563. The molecule has 0 amide bonds. The summed E-state index contributed by atoms with van der Waals surface area (Å²) in [7, 11) is 0. The van der Waals surface area contributed by atoms with Crippen LogP contribution in [0.25, 0.3) is 0 Å². The van der Waals surface area contributed by atoms with Crippen LogP contribution in [0.3, 0.4) is 0 Å². The summed E-state index contributed by atoms with van der Waals surface area (Å²) < 4.78 is 5.63. The van der Waals surface area contributed by atoms with Crippen LogP contribution in [0.1, 0.15) is 25.0 Å². The van der Waals surface area contributed by atoms with Crippen molar-refractivity contribution in [3.63, 3.8) is 0 Å². The first-order valence-corrected chi connectivity index (χ1v) is 7.37. The zero-order valence-corrected chi connectivity index (χ0v) is 12.7. The molecule has 0 bridgehead atoms. The summed E-state index contributed by atoms with van der Waals surface area (Å²) in [5.41, 5.74) is 9.90. The minimum atomic E-state index is -0.0832. The highest BCUT2D eigenvalue weighted by atomic mass is 32.1. The number of aromatic nitrogens is 1. The molecule has 0 spiro atoms. The normalized spacial score (nSPS) is 11.2. The molecule has 0 fully saturated rings. The van der Waals surface area contributed by atoms with Crippen molar-refractivity contribution < 1.29 is 9.84 Å². The van der Waals surface area contributed by atoms with E-state index in [0.717, 1.165) is 11.1 Å². The second-order valence-electron chi connectivity index (χ2n) is 4.64. The van der Waals surface area contributed by atoms with Crippen LogP contribution in [0.5, 0.6) is 5.75 Å². The Morgan fingerprint density at radius 2 is 2.33 bits per heavy atom. The average molecular weight is 306 g/mol. The van der Waals surface area contributed by atoms with Gasteiger partial charge in [0, 0.05) is 10.9 Å². The van der Waals surface area contributed by atoms with Crippen LogP contribution < -0.4 is 15.9 Å². The van der Waals surface area contributed by atoms with Crippen molar-refractivity contribution in [1.29, 1.82) is 0 Å². The van der Waals surface area contributed by atoms with E-state index >= 15 is 0 Å². The Morgan fingerprint density at radius 3 is 2.95 bits per heavy atom. The van der Waals surface area contributed by atoms with E-state index in [0.29, 0.717) is 16.7 Å². The van der Waals surface area contributed by atoms with Gasteiger partial charge in [-0.1, -0.05) is 0 Å². The smallest absolute Gasteiger partial charge is 0.205 e. The Morgan fingerprint density at radius 1 is 1.52 bits per heavy atom. The van der Waals surface area contributed by atoms with E-state index in [1.54, 1.807) is 11.6 Å². The molecule has 0 radical (unpaired) electrons. The molecule has 21 heavy (non-hydrogen) atoms. The van der Waals surface area contributed by atoms with Gasteiger partial charge in [0.05, 0.1) is 18.9 Å². The number of hydrogen-bond donors (Lipinski definition) is 3. The molecule has 112 valence electrons. The van der Waals surface area contributed by atoms with E-state index in [9.17, 15) is 5.11 Å². The molecule has 6 nitrogen and oxygen atoms in total. The molecule has 2 aromatic rings. The molecule has 1 aromatic carbocycles. The van der Waals surface area contributed by atoms with Gasteiger partial charge in [-0.15, -0.1) is 11.3 Å². The average Bonchev–Trinajstić information content (AvgIpc) is 2.85. The largest absolute Gasteiger partial charge is 0.491 e. The fraction of sp³-hybridized carbons (Fsp3) is 0.286. The Balaban J connectivity index is 2.06. The number of hydrogen-bond acceptors (Lipinski definition) is 7. The van der Waals surface area contributed by atoms with Gasteiger partial charge < -0.3 is 15.6 Å². The Kier molecular flexibility index (Phi) is 5.13. The van der Waals surface area contributed by atoms with Crippen molar-refractivity contribution >= 4 is 28.5 Å². The number of rotatable bonds is 6. The van der Waals surface area contributed by atoms with Gasteiger partial charge in [-0.2, -0.15) is 5.10 Å². The summed E-state index contributed by atoms with van der Waals surface area (Å²) in [4.78, 5) is 4.03. The molecule has 0 saturated carbocycles. The number of nitrogens with one attached hydrogen (secondary N) is 1. The highest BCUT2D eigenvalue weighted by molar-refractivity contribution is 7.14. The van der Waals surface area contributed by atoms with E-state index in [-0.39, 0.29) is 12.7 Å². The van der Waals surface area contributed by atoms with E-state index < -0.39 is 0 Å². The number of aliphatic hydroxyl groups excluding tert-OH is 1. The highest BCUT2D eigenvalue weighted by Crippen LogP contribution is 2.21. The lowest BCUT2D eigenvalue weighted by Gasteiger charge is -2.13. The number of nitrogens with two attached hydrogens (primary N) is 1. The molecule has 0 saturated heterocycles. The van der Waals surface area contributed by atoms with Gasteiger partial charge in [0.25, 0.3) is 0 Å². The van der Waals surface area contributed by atoms with Crippen LogP contribution in [0, 0.1) is 0 Å². The SMILES string of the molecule is CC(C)Oc1ccc(C=NNc2nc(N)cs2)cc1CO. The first-order chi connectivity index (χ1) is 10.1. The van der Waals surface area contributed by atoms with Crippen molar-refractivity contribution in [1.82, 2.24) is 4.98 Å². The maximum Gasteiger partial charge on any atom is 0.205 e. The van der Waals surface area contributed by atoms with Crippen LogP contribution in [-0.2, 0) is 6.61 Å². The van der Waals surface area contributed by atoms with Gasteiger partial charge in [0.2, 0.25) is 5.13 Å². The van der Waals surface area contributed by atoms with E-state index in [4.69, 9.17) is 10.5 Å². The molecular weight excluding hydrogens is 288 g/mol. The van der Waals surface area contributed by atoms with Crippen LogP contribution in [0.2, 0.25) is 0 Å². The minimum absolute atomic E-state index is 0.0619. The number of hydrazone groups is 1. The first kappa shape index (κ1) is 15.3. The lowest BCUT2D eigenvalue weighted by Crippen LogP contribution is -2.07. The first-order valence-electron chi connectivity index (χ1n) is 6.49. The fourth-order valence-electron chi connectivity index (χ4n) is 1.67. The zero-order valence-electron chi connectivity index (χ0n) is 11.9.